The van der Waals surface area contributed by atoms with Crippen LogP contribution in [0.5, 0.6) is 17.2 Å². The van der Waals surface area contributed by atoms with Crippen LogP contribution in [-0.4, -0.2) is 97.9 Å². The number of hydrogen-bond donors (Lipinski definition) is 2. The van der Waals surface area contributed by atoms with Crippen LogP contribution in [0.4, 0.5) is 22.7 Å². The van der Waals surface area contributed by atoms with Gasteiger partial charge in [0.2, 0.25) is 11.8 Å². The van der Waals surface area contributed by atoms with Crippen LogP contribution in [0.2, 0.25) is 0 Å². The number of ketones is 2. The lowest BCUT2D eigenvalue weighted by molar-refractivity contribution is -0.129. The summed E-state index contributed by atoms with van der Waals surface area (Å²) in [7, 11) is 1.46. The van der Waals surface area contributed by atoms with E-state index in [0.29, 0.717) is 75.9 Å². The maximum atomic E-state index is 14.2. The average molecular weight is 1170 g/mol. The molecule has 17 nitrogen and oxygen atoms in total. The Labute approximate surface area is 487 Å². The predicted molar refractivity (Wildman–Crippen MR) is 321 cm³/mol. The minimum Gasteiger partial charge on any atom is -0.493 e. The van der Waals surface area contributed by atoms with Gasteiger partial charge in [-0.3, -0.25) is 42.8 Å². The third kappa shape index (κ3) is 13.4. The number of amides is 4. The Bertz CT molecular complexity index is 3480. The van der Waals surface area contributed by atoms with Crippen LogP contribution in [0.15, 0.2) is 96.0 Å². The van der Waals surface area contributed by atoms with Crippen molar-refractivity contribution in [2.45, 2.75) is 134 Å². The van der Waals surface area contributed by atoms with E-state index < -0.39 is 43.8 Å². The summed E-state index contributed by atoms with van der Waals surface area (Å²) in [6.07, 6.45) is 5.24. The minimum atomic E-state index is -4.00. The summed E-state index contributed by atoms with van der Waals surface area (Å²) in [5.41, 5.74) is 8.99. The van der Waals surface area contributed by atoms with Gasteiger partial charge in [0.25, 0.3) is 21.9 Å². The van der Waals surface area contributed by atoms with Gasteiger partial charge in [0.15, 0.2) is 17.3 Å². The number of benzene rings is 5. The maximum Gasteiger partial charge on any atom is 0.277 e. The molecule has 0 bridgehead atoms. The van der Waals surface area contributed by atoms with Crippen LogP contribution in [0.1, 0.15) is 121 Å². The highest BCUT2D eigenvalue weighted by Crippen LogP contribution is 2.43. The van der Waals surface area contributed by atoms with E-state index in [-0.39, 0.29) is 68.1 Å². The van der Waals surface area contributed by atoms with E-state index >= 15 is 0 Å². The summed E-state index contributed by atoms with van der Waals surface area (Å²) in [6, 6.07) is 27.6. The fourth-order valence-corrected chi connectivity index (χ4v) is 14.8. The first-order chi connectivity index (χ1) is 39.1. The number of nitrogens with zero attached hydrogens (tertiary/aromatic N) is 3. The summed E-state index contributed by atoms with van der Waals surface area (Å²) in [5, 5.41) is 4.54. The second-order valence-electron chi connectivity index (χ2n) is 22.0. The molecule has 432 valence electrons. The zero-order valence-electron chi connectivity index (χ0n) is 47.4. The molecule has 4 amide bonds. The molecule has 1 unspecified atom stereocenters. The number of nitrogens with one attached hydrogen (secondary N) is 2. The first-order valence-electron chi connectivity index (χ1n) is 27.5. The van der Waals surface area contributed by atoms with Gasteiger partial charge < -0.3 is 29.7 Å². The number of carbonyl (C=O) groups excluding carboxylic acids is 6. The second kappa shape index (κ2) is 25.2. The number of rotatable bonds is 24. The molecule has 0 radical (unpaired) electrons. The van der Waals surface area contributed by atoms with E-state index in [1.54, 1.807) is 43.0 Å². The highest BCUT2D eigenvalue weighted by atomic mass is 33.1. The van der Waals surface area contributed by atoms with Crippen molar-refractivity contribution >= 4 is 95.9 Å². The molecular weight excluding hydrogens is 1100 g/mol. The standard InChI is InChI=1S/C62H69N5O12S3/c1-36-23-49-50(63-33-47-29-44-14-10-12-16-52(44)67(47)61(49)73)32-54(36)78-34-40-25-41(35-79-56-30-42-17-18-46-28-43-13-9-11-15-51(43)66(46)60(72)48(42)31-55(56)76-7)27-45(26-40)65-59(71)37(2)24-53(69)38(3)64-58(70)19-21-62(5,6)81-80-22-20-57(39(4)68)82(74,75)77-8/h9-16,23,25-27,30-33,37-38,46-47,57H,17-22,24,28-29,34-35H2,1-8H3,(H,64,70)(H,65,71)/t37-,38+,46-,47+,57?/m1/s1. The third-order valence-electron chi connectivity index (χ3n) is 15.5. The highest BCUT2D eigenvalue weighted by molar-refractivity contribution is 8.77. The molecule has 5 aromatic carbocycles. The number of aliphatic imine (C=N–C) groups is 1. The molecule has 0 saturated carbocycles. The summed E-state index contributed by atoms with van der Waals surface area (Å²) in [5.74, 6) is -0.807. The number of aryl methyl sites for hydroxylation is 2. The molecule has 4 heterocycles. The Balaban J connectivity index is 0.867. The van der Waals surface area contributed by atoms with E-state index in [4.69, 9.17) is 19.2 Å². The van der Waals surface area contributed by atoms with Crippen LogP contribution in [0.25, 0.3) is 0 Å². The molecule has 5 aromatic rings. The van der Waals surface area contributed by atoms with Crippen molar-refractivity contribution in [3.8, 4) is 17.2 Å². The first kappa shape index (κ1) is 59.6. The molecule has 0 spiro atoms. The summed E-state index contributed by atoms with van der Waals surface area (Å²) < 4.78 is 47.3. The topological polar surface area (TPSA) is 216 Å². The second-order valence-corrected chi connectivity index (χ2v) is 27.0. The molecule has 9 rings (SSSR count). The van der Waals surface area contributed by atoms with Crippen molar-refractivity contribution in [2.24, 2.45) is 10.9 Å². The number of fused-ring (bicyclic) bond motifs is 8. The Morgan fingerprint density at radius 1 is 0.805 bits per heavy atom. The van der Waals surface area contributed by atoms with Gasteiger partial charge in [-0.1, -0.05) is 64.9 Å². The Morgan fingerprint density at radius 3 is 2.15 bits per heavy atom. The van der Waals surface area contributed by atoms with Crippen molar-refractivity contribution < 1.29 is 55.6 Å². The summed E-state index contributed by atoms with van der Waals surface area (Å²) >= 11 is 0. The molecular formula is C62H69N5O12S3. The first-order valence-corrected chi connectivity index (χ1v) is 31.3. The van der Waals surface area contributed by atoms with Gasteiger partial charge in [-0.2, -0.15) is 8.42 Å². The largest absolute Gasteiger partial charge is 0.493 e. The third-order valence-corrected chi connectivity index (χ3v) is 20.6. The summed E-state index contributed by atoms with van der Waals surface area (Å²) in [4.78, 5) is 89.3. The van der Waals surface area contributed by atoms with Crippen molar-refractivity contribution in [1.29, 1.82) is 0 Å². The molecule has 0 aromatic heterocycles. The van der Waals surface area contributed by atoms with E-state index in [1.807, 2.05) is 92.5 Å². The number of methoxy groups -OCH3 is 1. The van der Waals surface area contributed by atoms with Crippen LogP contribution in [-0.2, 0) is 66.0 Å². The van der Waals surface area contributed by atoms with Gasteiger partial charge in [0, 0.05) is 76.6 Å². The van der Waals surface area contributed by atoms with Crippen LogP contribution in [0, 0.1) is 12.8 Å². The molecule has 0 fully saturated rings. The zero-order chi connectivity index (χ0) is 58.6. The fourth-order valence-electron chi connectivity index (χ4n) is 10.9. The molecule has 4 aliphatic rings. The lowest BCUT2D eigenvalue weighted by Crippen LogP contribution is -2.40. The monoisotopic (exact) mass is 1170 g/mol. The van der Waals surface area contributed by atoms with E-state index in [2.05, 4.69) is 20.9 Å². The smallest absolute Gasteiger partial charge is 0.277 e. The number of para-hydroxylation sites is 2. The van der Waals surface area contributed by atoms with Crippen molar-refractivity contribution in [3.05, 3.63) is 136 Å². The Kier molecular flexibility index (Phi) is 18.3. The molecule has 0 aliphatic carbocycles. The van der Waals surface area contributed by atoms with Crippen LogP contribution in [0.3, 0.4) is 0 Å². The maximum absolute atomic E-state index is 14.2. The number of Topliss-reactive ketones (excluding diaryl/α,β-unsaturated/α-hetero) is 2. The lowest BCUT2D eigenvalue weighted by Gasteiger charge is -2.24. The highest BCUT2D eigenvalue weighted by Gasteiger charge is 2.39. The minimum absolute atomic E-state index is 0.0419. The van der Waals surface area contributed by atoms with Gasteiger partial charge >= 0.3 is 0 Å². The lowest BCUT2D eigenvalue weighted by atomic mass is 9.99. The SMILES string of the molecule is COc1cc2c(cc1OCc1cc(COc3cc4c(cc3C)C(=O)N3c5ccccc5C[C@H]3C=N4)cc(NC(=O)[C@H](C)CC(=O)[C@H](C)NC(=O)CCC(C)(C)SSCCC(C(C)=O)S(=O)(=O)OC)c1)CC[C@@H]1Cc3ccccc3N1C2=O. The molecule has 0 saturated heterocycles. The number of anilines is 3. The fraction of sp³-hybridized carbons (Fsp3) is 0.403. The Hall–Kier alpha value is -7.00. The van der Waals surface area contributed by atoms with E-state index in [1.165, 1.54) is 35.6 Å². The quantitative estimate of drug-likeness (QED) is 0.0334. The van der Waals surface area contributed by atoms with Crippen molar-refractivity contribution in [3.63, 3.8) is 0 Å². The predicted octanol–water partition coefficient (Wildman–Crippen LogP) is 10.3. The zero-order valence-corrected chi connectivity index (χ0v) is 49.8. The average Bonchev–Trinajstić information content (AvgIpc) is 4.18. The molecule has 4 aliphatic heterocycles. The van der Waals surface area contributed by atoms with Gasteiger partial charge in [0.05, 0.1) is 37.6 Å². The van der Waals surface area contributed by atoms with Gasteiger partial charge in [-0.25, -0.2) is 0 Å². The normalized spacial score (nSPS) is 17.2. The van der Waals surface area contributed by atoms with Gasteiger partial charge in [-0.15, -0.1) is 0 Å². The molecule has 2 N–H and O–H groups in total. The van der Waals surface area contributed by atoms with Crippen molar-refractivity contribution in [1.82, 2.24) is 5.32 Å². The summed E-state index contributed by atoms with van der Waals surface area (Å²) in [6.45, 7) is 10.4. The van der Waals surface area contributed by atoms with Crippen LogP contribution >= 0.6 is 21.6 Å². The van der Waals surface area contributed by atoms with Crippen LogP contribution < -0.4 is 34.6 Å². The molecule has 5 atom stereocenters. The van der Waals surface area contributed by atoms with Crippen molar-refractivity contribution in [2.75, 3.05) is 35.1 Å². The molecule has 20 heteroatoms. The number of hydrogen-bond acceptors (Lipinski definition) is 15. The van der Waals surface area contributed by atoms with E-state index in [9.17, 15) is 37.2 Å². The van der Waals surface area contributed by atoms with Gasteiger partial charge in [-0.05, 0) is 149 Å². The van der Waals surface area contributed by atoms with Gasteiger partial charge in [0.1, 0.15) is 30.0 Å². The Morgan fingerprint density at radius 2 is 1.46 bits per heavy atom. The van der Waals surface area contributed by atoms with E-state index in [0.717, 1.165) is 53.6 Å². The number of carbonyl (C=O) groups is 6. The number of ether oxygens (including phenoxy) is 3. The molecule has 82 heavy (non-hydrogen) atoms.